The lowest BCUT2D eigenvalue weighted by Gasteiger charge is -2.22. The summed E-state index contributed by atoms with van der Waals surface area (Å²) in [4.78, 5) is 37.8. The van der Waals surface area contributed by atoms with Crippen LogP contribution in [-0.4, -0.2) is 36.8 Å². The molecule has 2 aromatic carbocycles. The van der Waals surface area contributed by atoms with E-state index in [1.807, 2.05) is 0 Å². The first-order valence-electron chi connectivity index (χ1n) is 9.51. The van der Waals surface area contributed by atoms with Crippen molar-refractivity contribution in [2.75, 3.05) is 0 Å². The van der Waals surface area contributed by atoms with E-state index < -0.39 is 38.9 Å². The topological polar surface area (TPSA) is 125 Å². The van der Waals surface area contributed by atoms with Crippen LogP contribution in [0.1, 0.15) is 43.6 Å². The number of carbonyl (C=O) groups is 3. The highest BCUT2D eigenvalue weighted by atomic mass is 32.2. The minimum atomic E-state index is -3.76. The molecule has 10 heteroatoms. The third-order valence-electron chi connectivity index (χ3n) is 4.62. The molecule has 164 valence electrons. The molecule has 1 fully saturated rings. The SMILES string of the molecule is CC(C)(C)NS(=O)(=O)c1ccc(C(=O)NN2C(=O)NC(C)(c3ccccc3)C2=O)cc1. The van der Waals surface area contributed by atoms with Gasteiger partial charge in [0.25, 0.3) is 11.8 Å². The number of nitrogens with one attached hydrogen (secondary N) is 3. The number of benzene rings is 2. The summed E-state index contributed by atoms with van der Waals surface area (Å²) in [6.45, 7) is 6.70. The number of urea groups is 1. The van der Waals surface area contributed by atoms with Crippen LogP contribution in [0.25, 0.3) is 0 Å². The number of imide groups is 1. The normalized spacial score (nSPS) is 19.3. The predicted octanol–water partition coefficient (Wildman–Crippen LogP) is 1.88. The fourth-order valence-electron chi connectivity index (χ4n) is 3.12. The van der Waals surface area contributed by atoms with Gasteiger partial charge in [0.15, 0.2) is 0 Å². The van der Waals surface area contributed by atoms with Crippen LogP contribution in [-0.2, 0) is 20.4 Å². The van der Waals surface area contributed by atoms with Gasteiger partial charge >= 0.3 is 6.03 Å². The van der Waals surface area contributed by atoms with Crippen LogP contribution in [0.15, 0.2) is 59.5 Å². The lowest BCUT2D eigenvalue weighted by molar-refractivity contribution is -0.132. The summed E-state index contributed by atoms with van der Waals surface area (Å²) in [6, 6.07) is 13.1. The Hall–Kier alpha value is -3.24. The molecular formula is C21H24N4O5S. The van der Waals surface area contributed by atoms with Crippen molar-refractivity contribution in [1.29, 1.82) is 0 Å². The number of hydrogen-bond donors (Lipinski definition) is 3. The maximum Gasteiger partial charge on any atom is 0.344 e. The van der Waals surface area contributed by atoms with E-state index in [1.165, 1.54) is 24.3 Å². The second kappa shape index (κ2) is 7.78. The molecule has 4 amide bonds. The van der Waals surface area contributed by atoms with Gasteiger partial charge in [0.1, 0.15) is 5.54 Å². The van der Waals surface area contributed by atoms with E-state index in [0.717, 1.165) is 0 Å². The van der Waals surface area contributed by atoms with Gasteiger partial charge in [-0.15, -0.1) is 0 Å². The van der Waals surface area contributed by atoms with Gasteiger partial charge in [0.2, 0.25) is 10.0 Å². The Balaban J connectivity index is 1.76. The molecule has 0 bridgehead atoms. The summed E-state index contributed by atoms with van der Waals surface area (Å²) in [6.07, 6.45) is 0. The highest BCUT2D eigenvalue weighted by Crippen LogP contribution is 2.27. The predicted molar refractivity (Wildman–Crippen MR) is 113 cm³/mol. The van der Waals surface area contributed by atoms with E-state index in [0.29, 0.717) is 10.6 Å². The Morgan fingerprint density at radius 1 is 1.00 bits per heavy atom. The van der Waals surface area contributed by atoms with Gasteiger partial charge in [-0.3, -0.25) is 15.0 Å². The van der Waals surface area contributed by atoms with Crippen LogP contribution in [0.2, 0.25) is 0 Å². The van der Waals surface area contributed by atoms with E-state index in [-0.39, 0.29) is 10.5 Å². The minimum Gasteiger partial charge on any atom is -0.318 e. The van der Waals surface area contributed by atoms with Crippen molar-refractivity contribution in [3.8, 4) is 0 Å². The Labute approximate surface area is 180 Å². The maximum absolute atomic E-state index is 12.9. The minimum absolute atomic E-state index is 0.00869. The summed E-state index contributed by atoms with van der Waals surface area (Å²) in [5.41, 5.74) is 0.965. The molecule has 1 saturated heterocycles. The lowest BCUT2D eigenvalue weighted by Crippen LogP contribution is -2.47. The first kappa shape index (κ1) is 22.4. The number of hydrogen-bond acceptors (Lipinski definition) is 5. The van der Waals surface area contributed by atoms with Gasteiger partial charge in [-0.25, -0.2) is 17.9 Å². The van der Waals surface area contributed by atoms with Crippen molar-refractivity contribution in [3.63, 3.8) is 0 Å². The lowest BCUT2D eigenvalue weighted by atomic mass is 9.92. The van der Waals surface area contributed by atoms with E-state index in [4.69, 9.17) is 0 Å². The summed E-state index contributed by atoms with van der Waals surface area (Å²) < 4.78 is 27.3. The summed E-state index contributed by atoms with van der Waals surface area (Å²) >= 11 is 0. The van der Waals surface area contributed by atoms with Crippen molar-refractivity contribution >= 4 is 27.9 Å². The summed E-state index contributed by atoms with van der Waals surface area (Å²) in [5.74, 6) is -1.36. The quantitative estimate of drug-likeness (QED) is 0.608. The van der Waals surface area contributed by atoms with Crippen LogP contribution in [0, 0.1) is 0 Å². The molecule has 0 spiro atoms. The molecule has 3 rings (SSSR count). The third kappa shape index (κ3) is 4.59. The van der Waals surface area contributed by atoms with Gasteiger partial charge in [-0.05, 0) is 57.5 Å². The smallest absolute Gasteiger partial charge is 0.318 e. The Morgan fingerprint density at radius 3 is 2.13 bits per heavy atom. The second-order valence-electron chi connectivity index (χ2n) is 8.38. The van der Waals surface area contributed by atoms with Gasteiger partial charge in [0.05, 0.1) is 4.90 Å². The molecule has 1 unspecified atom stereocenters. The average Bonchev–Trinajstić information content (AvgIpc) is 2.91. The number of rotatable bonds is 5. The number of carbonyl (C=O) groups excluding carboxylic acids is 3. The molecule has 0 saturated carbocycles. The zero-order valence-corrected chi connectivity index (χ0v) is 18.4. The van der Waals surface area contributed by atoms with Crippen LogP contribution < -0.4 is 15.5 Å². The molecule has 31 heavy (non-hydrogen) atoms. The Bertz CT molecular complexity index is 1120. The average molecular weight is 445 g/mol. The first-order chi connectivity index (χ1) is 14.3. The summed E-state index contributed by atoms with van der Waals surface area (Å²) in [5, 5.41) is 3.22. The van der Waals surface area contributed by atoms with Gasteiger partial charge in [0, 0.05) is 11.1 Å². The second-order valence-corrected chi connectivity index (χ2v) is 10.1. The first-order valence-corrected chi connectivity index (χ1v) is 11.0. The van der Waals surface area contributed by atoms with Gasteiger partial charge in [-0.1, -0.05) is 30.3 Å². The molecule has 1 aliphatic heterocycles. The van der Waals surface area contributed by atoms with Gasteiger partial charge < -0.3 is 5.32 Å². The zero-order valence-electron chi connectivity index (χ0n) is 17.6. The molecule has 1 heterocycles. The highest BCUT2D eigenvalue weighted by molar-refractivity contribution is 7.89. The molecule has 1 aliphatic rings. The highest BCUT2D eigenvalue weighted by Gasteiger charge is 2.50. The van der Waals surface area contributed by atoms with Crippen molar-refractivity contribution in [2.45, 2.75) is 43.7 Å². The maximum atomic E-state index is 12.9. The van der Waals surface area contributed by atoms with Crippen molar-refractivity contribution < 1.29 is 22.8 Å². The molecular weight excluding hydrogens is 420 g/mol. The van der Waals surface area contributed by atoms with Crippen molar-refractivity contribution in [1.82, 2.24) is 20.5 Å². The standard InChI is InChI=1S/C21H24N4O5S/c1-20(2,3)24-31(29,30)16-12-10-14(11-13-16)17(26)23-25-18(27)21(4,22-19(25)28)15-8-6-5-7-9-15/h5-13,24H,1-4H3,(H,22,28)(H,23,26). The van der Waals surface area contributed by atoms with Crippen LogP contribution in [0.4, 0.5) is 4.79 Å². The largest absolute Gasteiger partial charge is 0.344 e. The van der Waals surface area contributed by atoms with Crippen LogP contribution in [0.3, 0.4) is 0 Å². The molecule has 2 aromatic rings. The number of hydrazine groups is 1. The molecule has 9 nitrogen and oxygen atoms in total. The van der Waals surface area contributed by atoms with Crippen LogP contribution in [0.5, 0.6) is 0 Å². The molecule has 3 N–H and O–H groups in total. The summed E-state index contributed by atoms with van der Waals surface area (Å²) in [7, 11) is -3.76. The number of sulfonamides is 1. The van der Waals surface area contributed by atoms with Gasteiger partial charge in [-0.2, -0.15) is 5.01 Å². The molecule has 0 radical (unpaired) electrons. The van der Waals surface area contributed by atoms with Crippen molar-refractivity contribution in [3.05, 3.63) is 65.7 Å². The third-order valence-corrected chi connectivity index (χ3v) is 6.40. The van der Waals surface area contributed by atoms with Crippen molar-refractivity contribution in [2.24, 2.45) is 0 Å². The fraction of sp³-hybridized carbons (Fsp3) is 0.286. The molecule has 1 atom stereocenters. The fourth-order valence-corrected chi connectivity index (χ4v) is 4.54. The Kier molecular flexibility index (Phi) is 5.64. The van der Waals surface area contributed by atoms with E-state index in [9.17, 15) is 22.8 Å². The molecule has 0 aromatic heterocycles. The van der Waals surface area contributed by atoms with Crippen LogP contribution >= 0.6 is 0 Å². The van der Waals surface area contributed by atoms with E-state index in [2.05, 4.69) is 15.5 Å². The van der Waals surface area contributed by atoms with E-state index >= 15 is 0 Å². The molecule has 0 aliphatic carbocycles. The monoisotopic (exact) mass is 444 g/mol. The zero-order chi connectivity index (χ0) is 23.0. The number of amides is 4. The Morgan fingerprint density at radius 2 is 1.58 bits per heavy atom. The van der Waals surface area contributed by atoms with E-state index in [1.54, 1.807) is 58.0 Å². The number of nitrogens with zero attached hydrogens (tertiary/aromatic N) is 1.